The summed E-state index contributed by atoms with van der Waals surface area (Å²) in [7, 11) is -2.01. The third kappa shape index (κ3) is 3.87. The lowest BCUT2D eigenvalue weighted by Gasteiger charge is -2.18. The van der Waals surface area contributed by atoms with Crippen LogP contribution in [-0.2, 0) is 14.8 Å². The minimum Gasteiger partial charge on any atom is -0.375 e. The first kappa shape index (κ1) is 15.6. The second kappa shape index (κ2) is 6.80. The van der Waals surface area contributed by atoms with Crippen molar-refractivity contribution in [2.75, 3.05) is 13.7 Å². The Hall–Kier alpha value is -1.76. The van der Waals surface area contributed by atoms with Crippen molar-refractivity contribution in [2.45, 2.75) is 17.9 Å². The summed E-state index contributed by atoms with van der Waals surface area (Å²) in [6.45, 7) is 2.13. The maximum atomic E-state index is 12.2. The minimum absolute atomic E-state index is 0.143. The van der Waals surface area contributed by atoms with E-state index in [9.17, 15) is 8.42 Å². The van der Waals surface area contributed by atoms with Gasteiger partial charge in [-0.05, 0) is 30.2 Å². The van der Waals surface area contributed by atoms with Gasteiger partial charge in [0.05, 0.1) is 6.10 Å². The summed E-state index contributed by atoms with van der Waals surface area (Å²) in [6.07, 6.45) is 2.51. The van der Waals surface area contributed by atoms with E-state index in [4.69, 9.17) is 4.74 Å². The number of hydrogen-bond donors (Lipinski definition) is 1. The first-order chi connectivity index (χ1) is 10.0. The fourth-order valence-corrected chi connectivity index (χ4v) is 3.04. The number of nitrogens with zero attached hydrogens (tertiary/aromatic N) is 1. The van der Waals surface area contributed by atoms with E-state index in [1.807, 2.05) is 31.2 Å². The first-order valence-corrected chi connectivity index (χ1v) is 8.01. The monoisotopic (exact) mass is 306 g/mol. The van der Waals surface area contributed by atoms with E-state index in [0.29, 0.717) is 0 Å². The van der Waals surface area contributed by atoms with Crippen LogP contribution in [0, 0.1) is 6.92 Å². The molecule has 0 radical (unpaired) electrons. The maximum absolute atomic E-state index is 12.2. The van der Waals surface area contributed by atoms with Crippen LogP contribution in [0.3, 0.4) is 0 Å². The Morgan fingerprint density at radius 2 is 2.00 bits per heavy atom. The Labute approximate surface area is 125 Å². The number of sulfonamides is 1. The summed E-state index contributed by atoms with van der Waals surface area (Å²) < 4.78 is 32.3. The van der Waals surface area contributed by atoms with E-state index in [0.717, 1.165) is 11.1 Å². The highest BCUT2D eigenvalue weighted by Crippen LogP contribution is 2.20. The van der Waals surface area contributed by atoms with Crippen molar-refractivity contribution in [3.05, 3.63) is 59.9 Å². The van der Waals surface area contributed by atoms with Gasteiger partial charge in [0, 0.05) is 26.0 Å². The number of rotatable bonds is 6. The van der Waals surface area contributed by atoms with Crippen LogP contribution in [0.5, 0.6) is 0 Å². The molecule has 0 aliphatic carbocycles. The van der Waals surface area contributed by atoms with Gasteiger partial charge in [0.25, 0.3) is 0 Å². The number of aryl methyl sites for hydroxylation is 1. The zero-order valence-corrected chi connectivity index (χ0v) is 12.8. The summed E-state index contributed by atoms with van der Waals surface area (Å²) in [5, 5.41) is 0. The number of benzene rings is 1. The van der Waals surface area contributed by atoms with Gasteiger partial charge >= 0.3 is 0 Å². The molecule has 0 amide bonds. The van der Waals surface area contributed by atoms with Gasteiger partial charge < -0.3 is 4.74 Å². The molecule has 0 saturated carbocycles. The summed E-state index contributed by atoms with van der Waals surface area (Å²) in [5.41, 5.74) is 2.03. The van der Waals surface area contributed by atoms with Crippen LogP contribution in [0.25, 0.3) is 0 Å². The SMILES string of the molecule is COC(CNS(=O)(=O)c1cccnc1)c1ccccc1C. The van der Waals surface area contributed by atoms with Crippen LogP contribution in [0.2, 0.25) is 0 Å². The molecule has 1 aromatic carbocycles. The number of ether oxygens (including phenoxy) is 1. The number of methoxy groups -OCH3 is 1. The Kier molecular flexibility index (Phi) is 5.06. The number of hydrogen-bond acceptors (Lipinski definition) is 4. The second-order valence-electron chi connectivity index (χ2n) is 4.62. The van der Waals surface area contributed by atoms with Crippen molar-refractivity contribution >= 4 is 10.0 Å². The average Bonchev–Trinajstić information content (AvgIpc) is 2.50. The third-order valence-electron chi connectivity index (χ3n) is 3.22. The second-order valence-corrected chi connectivity index (χ2v) is 6.39. The van der Waals surface area contributed by atoms with Crippen molar-refractivity contribution < 1.29 is 13.2 Å². The highest BCUT2D eigenvalue weighted by molar-refractivity contribution is 7.89. The Morgan fingerprint density at radius 3 is 2.62 bits per heavy atom. The molecule has 2 aromatic rings. The van der Waals surface area contributed by atoms with Crippen molar-refractivity contribution in [1.82, 2.24) is 9.71 Å². The van der Waals surface area contributed by atoms with Crippen LogP contribution >= 0.6 is 0 Å². The topological polar surface area (TPSA) is 68.3 Å². The molecule has 1 unspecified atom stereocenters. The van der Waals surface area contributed by atoms with Crippen molar-refractivity contribution in [3.8, 4) is 0 Å². The number of pyridine rings is 1. The maximum Gasteiger partial charge on any atom is 0.242 e. The molecule has 2 rings (SSSR count). The molecular weight excluding hydrogens is 288 g/mol. The smallest absolute Gasteiger partial charge is 0.242 e. The molecule has 0 bridgehead atoms. The van der Waals surface area contributed by atoms with Crippen molar-refractivity contribution in [1.29, 1.82) is 0 Å². The molecule has 0 fully saturated rings. The lowest BCUT2D eigenvalue weighted by molar-refractivity contribution is 0.107. The summed E-state index contributed by atoms with van der Waals surface area (Å²) in [5.74, 6) is 0. The standard InChI is InChI=1S/C15H18N2O3S/c1-12-6-3-4-8-14(12)15(20-2)11-17-21(18,19)13-7-5-9-16-10-13/h3-10,15,17H,11H2,1-2H3. The molecule has 1 heterocycles. The van der Waals surface area contributed by atoms with Gasteiger partial charge in [-0.2, -0.15) is 0 Å². The molecule has 1 N–H and O–H groups in total. The predicted molar refractivity (Wildman–Crippen MR) is 80.4 cm³/mol. The van der Waals surface area contributed by atoms with Gasteiger partial charge in [0.1, 0.15) is 4.90 Å². The normalized spacial score (nSPS) is 13.0. The lowest BCUT2D eigenvalue weighted by atomic mass is 10.0. The first-order valence-electron chi connectivity index (χ1n) is 6.52. The van der Waals surface area contributed by atoms with Gasteiger partial charge in [-0.15, -0.1) is 0 Å². The molecule has 1 atom stereocenters. The van der Waals surface area contributed by atoms with Gasteiger partial charge in [-0.1, -0.05) is 24.3 Å². The highest BCUT2D eigenvalue weighted by atomic mass is 32.2. The molecule has 0 aliphatic heterocycles. The highest BCUT2D eigenvalue weighted by Gasteiger charge is 2.18. The van der Waals surface area contributed by atoms with E-state index >= 15 is 0 Å². The molecule has 5 nitrogen and oxygen atoms in total. The van der Waals surface area contributed by atoms with Crippen LogP contribution in [0.4, 0.5) is 0 Å². The third-order valence-corrected chi connectivity index (χ3v) is 4.63. The number of nitrogens with one attached hydrogen (secondary N) is 1. The lowest BCUT2D eigenvalue weighted by Crippen LogP contribution is -2.29. The predicted octanol–water partition coefficient (Wildman–Crippen LogP) is 2.06. The molecule has 0 aliphatic rings. The van der Waals surface area contributed by atoms with Crippen LogP contribution in [0.1, 0.15) is 17.2 Å². The van der Waals surface area contributed by atoms with Gasteiger partial charge in [0.15, 0.2) is 0 Å². The Morgan fingerprint density at radius 1 is 1.24 bits per heavy atom. The number of aromatic nitrogens is 1. The summed E-state index contributed by atoms with van der Waals surface area (Å²) >= 11 is 0. The van der Waals surface area contributed by atoms with E-state index in [1.165, 1.54) is 18.5 Å². The molecular formula is C15H18N2O3S. The van der Waals surface area contributed by atoms with E-state index in [1.54, 1.807) is 13.2 Å². The van der Waals surface area contributed by atoms with Crippen molar-refractivity contribution in [3.63, 3.8) is 0 Å². The van der Waals surface area contributed by atoms with Crippen molar-refractivity contribution in [2.24, 2.45) is 0 Å². The molecule has 21 heavy (non-hydrogen) atoms. The minimum atomic E-state index is -3.58. The average molecular weight is 306 g/mol. The molecule has 112 valence electrons. The van der Waals surface area contributed by atoms with Gasteiger partial charge in [-0.3, -0.25) is 4.98 Å². The van der Waals surface area contributed by atoms with E-state index < -0.39 is 10.0 Å². The van der Waals surface area contributed by atoms with Gasteiger partial charge in [-0.25, -0.2) is 13.1 Å². The summed E-state index contributed by atoms with van der Waals surface area (Å²) in [4.78, 5) is 3.96. The Bertz CT molecular complexity index is 687. The van der Waals surface area contributed by atoms with Crippen LogP contribution in [0.15, 0.2) is 53.7 Å². The van der Waals surface area contributed by atoms with Crippen LogP contribution in [-0.4, -0.2) is 27.1 Å². The molecule has 0 spiro atoms. The fourth-order valence-electron chi connectivity index (χ4n) is 2.04. The van der Waals surface area contributed by atoms with E-state index in [2.05, 4.69) is 9.71 Å². The zero-order valence-electron chi connectivity index (χ0n) is 12.0. The molecule has 6 heteroatoms. The Balaban J connectivity index is 2.13. The largest absolute Gasteiger partial charge is 0.375 e. The molecule has 0 saturated heterocycles. The van der Waals surface area contributed by atoms with E-state index in [-0.39, 0.29) is 17.5 Å². The zero-order chi connectivity index (χ0) is 15.3. The summed E-state index contributed by atoms with van der Waals surface area (Å²) in [6, 6.07) is 10.8. The molecule has 1 aromatic heterocycles. The van der Waals surface area contributed by atoms with Gasteiger partial charge in [0.2, 0.25) is 10.0 Å². The fraction of sp³-hybridized carbons (Fsp3) is 0.267. The quantitative estimate of drug-likeness (QED) is 0.887. The van der Waals surface area contributed by atoms with Crippen LogP contribution < -0.4 is 4.72 Å².